The maximum absolute atomic E-state index is 12.2. The number of nitro groups is 4. The molecule has 1 unspecified atom stereocenters. The fourth-order valence-electron chi connectivity index (χ4n) is 4.60. The Morgan fingerprint density at radius 1 is 0.571 bits per heavy atom. The second-order valence-electron chi connectivity index (χ2n) is 11.4. The van der Waals surface area contributed by atoms with Gasteiger partial charge in [0.2, 0.25) is 5.76 Å². The molecule has 56 heavy (non-hydrogen) atoms. The minimum atomic E-state index is -4.35. The smallest absolute Gasteiger partial charge is 0.472 e. The molecular formula is C34H31N4O17P. The number of benzene rings is 4. The summed E-state index contributed by atoms with van der Waals surface area (Å²) < 4.78 is 37.9. The van der Waals surface area contributed by atoms with Crippen molar-refractivity contribution in [2.24, 2.45) is 0 Å². The van der Waals surface area contributed by atoms with Crippen molar-refractivity contribution >= 4 is 36.5 Å². The van der Waals surface area contributed by atoms with Crippen molar-refractivity contribution in [3.8, 4) is 0 Å². The van der Waals surface area contributed by atoms with Crippen molar-refractivity contribution in [1.29, 1.82) is 0 Å². The summed E-state index contributed by atoms with van der Waals surface area (Å²) in [4.78, 5) is 62.3. The number of cyclic esters (lactones) is 1. The molecule has 5 rings (SSSR count). The van der Waals surface area contributed by atoms with Gasteiger partial charge >= 0.3 is 13.8 Å². The Morgan fingerprint density at radius 2 is 0.893 bits per heavy atom. The van der Waals surface area contributed by atoms with Crippen molar-refractivity contribution in [2.45, 2.75) is 39.0 Å². The molecule has 0 spiro atoms. The van der Waals surface area contributed by atoms with Gasteiger partial charge in [0.05, 0.1) is 32.9 Å². The summed E-state index contributed by atoms with van der Waals surface area (Å²) in [6.45, 7) is -0.856. The lowest BCUT2D eigenvalue weighted by Crippen LogP contribution is -2.15. The first-order valence-corrected chi connectivity index (χ1v) is 17.5. The van der Waals surface area contributed by atoms with Gasteiger partial charge in [-0.3, -0.25) is 49.5 Å². The molecule has 4 aromatic carbocycles. The Hall–Kier alpha value is -6.64. The zero-order valence-electron chi connectivity index (χ0n) is 28.8. The number of nitro benzene ring substituents is 4. The molecule has 0 aromatic heterocycles. The summed E-state index contributed by atoms with van der Waals surface area (Å²) in [5.41, 5.74) is 1.78. The van der Waals surface area contributed by atoms with Gasteiger partial charge in [-0.25, -0.2) is 9.36 Å². The SMILES string of the molecule is O=C1OC(CCO)C(OCc2ccc([N+](=O)[O-])cc2)=C1OCc1ccc([N+](=O)[O-])cc1.O=[N+]([O-])c1ccc(COP(=O)(O)OCc2ccc([N+](=O)[O-])cc2)cc1. The number of ether oxygens (including phenoxy) is 3. The third-order valence-electron chi connectivity index (χ3n) is 7.50. The van der Waals surface area contributed by atoms with Crippen molar-refractivity contribution < 1.29 is 62.3 Å². The number of phosphoric acid groups is 1. The van der Waals surface area contributed by atoms with Gasteiger partial charge in [-0.15, -0.1) is 0 Å². The molecule has 0 radical (unpaired) electrons. The summed E-state index contributed by atoms with van der Waals surface area (Å²) in [6, 6.07) is 21.9. The molecule has 0 saturated carbocycles. The van der Waals surface area contributed by atoms with Gasteiger partial charge in [0.25, 0.3) is 22.7 Å². The van der Waals surface area contributed by atoms with Crippen molar-refractivity contribution in [1.82, 2.24) is 0 Å². The van der Waals surface area contributed by atoms with Crippen molar-refractivity contribution in [2.75, 3.05) is 6.61 Å². The van der Waals surface area contributed by atoms with E-state index in [0.29, 0.717) is 22.3 Å². The summed E-state index contributed by atoms with van der Waals surface area (Å²) in [5, 5.41) is 51.8. The summed E-state index contributed by atoms with van der Waals surface area (Å²) >= 11 is 0. The number of hydrogen-bond acceptors (Lipinski definition) is 16. The van der Waals surface area contributed by atoms with Crippen LogP contribution < -0.4 is 0 Å². The van der Waals surface area contributed by atoms with E-state index >= 15 is 0 Å². The Balaban J connectivity index is 0.000000255. The zero-order chi connectivity index (χ0) is 40.8. The van der Waals surface area contributed by atoms with E-state index in [1.807, 2.05) is 0 Å². The van der Waals surface area contributed by atoms with E-state index in [4.69, 9.17) is 23.3 Å². The fourth-order valence-corrected chi connectivity index (χ4v) is 5.30. The summed E-state index contributed by atoms with van der Waals surface area (Å²) in [5.74, 6) is -0.794. The number of carbonyl (C=O) groups excluding carboxylic acids is 1. The first-order valence-electron chi connectivity index (χ1n) is 16.0. The highest BCUT2D eigenvalue weighted by Crippen LogP contribution is 2.45. The molecule has 4 aromatic rings. The maximum atomic E-state index is 12.2. The van der Waals surface area contributed by atoms with Crippen molar-refractivity contribution in [3.63, 3.8) is 0 Å². The Bertz CT molecular complexity index is 2050. The van der Waals surface area contributed by atoms with Crippen LogP contribution in [0.15, 0.2) is 109 Å². The van der Waals surface area contributed by atoms with Gasteiger partial charge in [0.1, 0.15) is 13.2 Å². The Kier molecular flexibility index (Phi) is 14.7. The number of aliphatic hydroxyl groups is 1. The van der Waals surface area contributed by atoms with Crippen LogP contribution in [0, 0.1) is 40.5 Å². The number of aliphatic hydroxyl groups excluding tert-OH is 1. The number of rotatable bonds is 18. The van der Waals surface area contributed by atoms with E-state index in [2.05, 4.69) is 0 Å². The maximum Gasteiger partial charge on any atom is 0.472 e. The number of esters is 1. The molecule has 1 heterocycles. The average Bonchev–Trinajstić information content (AvgIpc) is 3.48. The number of nitrogens with zero attached hydrogens (tertiary/aromatic N) is 4. The third-order valence-corrected chi connectivity index (χ3v) is 8.41. The molecule has 0 saturated heterocycles. The molecule has 1 aliphatic heterocycles. The third kappa shape index (κ3) is 12.5. The van der Waals surface area contributed by atoms with Crippen LogP contribution in [0.25, 0.3) is 0 Å². The lowest BCUT2D eigenvalue weighted by Gasteiger charge is -2.14. The number of non-ortho nitro benzene ring substituents is 4. The molecule has 0 aliphatic carbocycles. The minimum Gasteiger partial charge on any atom is -0.485 e. The topological polar surface area (TPSA) is 293 Å². The van der Waals surface area contributed by atoms with E-state index < -0.39 is 39.6 Å². The van der Waals surface area contributed by atoms with Gasteiger partial charge in [-0.05, 0) is 70.8 Å². The molecule has 2 N–H and O–H groups in total. The molecule has 294 valence electrons. The molecule has 0 fully saturated rings. The van der Waals surface area contributed by atoms with Gasteiger partial charge in [0.15, 0.2) is 11.9 Å². The van der Waals surface area contributed by atoms with E-state index in [1.165, 1.54) is 97.1 Å². The van der Waals surface area contributed by atoms with E-state index in [-0.39, 0.29) is 73.7 Å². The largest absolute Gasteiger partial charge is 0.485 e. The highest BCUT2D eigenvalue weighted by Gasteiger charge is 2.37. The Labute approximate surface area is 315 Å². The van der Waals surface area contributed by atoms with Crippen LogP contribution in [-0.4, -0.2) is 48.4 Å². The van der Waals surface area contributed by atoms with Crippen molar-refractivity contribution in [3.05, 3.63) is 171 Å². The highest BCUT2D eigenvalue weighted by molar-refractivity contribution is 7.47. The van der Waals surface area contributed by atoms with Crippen LogP contribution in [0.4, 0.5) is 22.7 Å². The van der Waals surface area contributed by atoms with E-state index in [9.17, 15) is 59.8 Å². The van der Waals surface area contributed by atoms with E-state index in [0.717, 1.165) is 0 Å². The zero-order valence-corrected chi connectivity index (χ0v) is 29.7. The monoisotopic (exact) mass is 798 g/mol. The number of phosphoric ester groups is 1. The first-order chi connectivity index (χ1) is 26.6. The molecule has 22 heteroatoms. The molecule has 21 nitrogen and oxygen atoms in total. The molecule has 0 amide bonds. The summed E-state index contributed by atoms with van der Waals surface area (Å²) in [6.07, 6.45) is -0.728. The van der Waals surface area contributed by atoms with Crippen LogP contribution >= 0.6 is 7.82 Å². The van der Waals surface area contributed by atoms with Gasteiger partial charge in [0, 0.05) is 61.6 Å². The normalized spacial score (nSPS) is 13.6. The van der Waals surface area contributed by atoms with Gasteiger partial charge < -0.3 is 24.2 Å². The lowest BCUT2D eigenvalue weighted by molar-refractivity contribution is -0.385. The fraction of sp³-hybridized carbons (Fsp3) is 0.206. The Morgan fingerprint density at radius 3 is 1.21 bits per heavy atom. The highest BCUT2D eigenvalue weighted by atomic mass is 31.2. The van der Waals surface area contributed by atoms with Gasteiger partial charge in [-0.2, -0.15) is 0 Å². The predicted molar refractivity (Wildman–Crippen MR) is 190 cm³/mol. The minimum absolute atomic E-state index is 0.00368. The average molecular weight is 799 g/mol. The van der Waals surface area contributed by atoms with Crippen LogP contribution in [0.2, 0.25) is 0 Å². The second-order valence-corrected chi connectivity index (χ2v) is 12.8. The van der Waals surface area contributed by atoms with Crippen LogP contribution in [0.3, 0.4) is 0 Å². The predicted octanol–water partition coefficient (Wildman–Crippen LogP) is 6.09. The second kappa shape index (κ2) is 19.6. The number of hydrogen-bond donors (Lipinski definition) is 2. The molecular weight excluding hydrogens is 767 g/mol. The lowest BCUT2D eigenvalue weighted by atomic mass is 10.2. The van der Waals surface area contributed by atoms with Crippen LogP contribution in [0.5, 0.6) is 0 Å². The molecule has 1 atom stereocenters. The first kappa shape index (κ1) is 42.1. The number of carbonyl (C=O) groups is 1. The van der Waals surface area contributed by atoms with Crippen LogP contribution in [-0.2, 0) is 59.0 Å². The molecule has 0 bridgehead atoms. The quantitative estimate of drug-likeness (QED) is 0.0498. The summed E-state index contributed by atoms with van der Waals surface area (Å²) in [7, 11) is -4.35. The van der Waals surface area contributed by atoms with E-state index in [1.54, 1.807) is 0 Å². The standard InChI is InChI=1S/C20H18N2O9.C14H13N2O8P/c23-10-9-17-18(29-11-13-1-5-15(6-2-13)21(25)26)19(20(24)31-17)30-12-14-3-7-16(8-4-14)22(27)28;17-15(18)13-5-1-11(2-6-13)9-23-25(21,22)24-10-12-3-7-14(8-4-12)16(19)20/h1-8,17,23H,9-12H2;1-8H,9-10H2,(H,21,22). The molecule has 1 aliphatic rings. The van der Waals surface area contributed by atoms with Gasteiger partial charge in [-0.1, -0.05) is 0 Å². The van der Waals surface area contributed by atoms with Crippen LogP contribution in [0.1, 0.15) is 28.7 Å².